The van der Waals surface area contributed by atoms with Crippen LogP contribution >= 0.6 is 0 Å². The lowest BCUT2D eigenvalue weighted by atomic mass is 9.98. The van der Waals surface area contributed by atoms with Crippen LogP contribution in [0.15, 0.2) is 48.2 Å². The number of hydrogen-bond donors (Lipinski definition) is 2. The van der Waals surface area contributed by atoms with Crippen molar-refractivity contribution in [3.05, 3.63) is 60.0 Å². The molecule has 1 atom stereocenters. The van der Waals surface area contributed by atoms with E-state index in [4.69, 9.17) is 15.3 Å². The van der Waals surface area contributed by atoms with E-state index in [9.17, 15) is 4.79 Å². The summed E-state index contributed by atoms with van der Waals surface area (Å²) in [4.78, 5) is 25.0. The first-order valence-corrected chi connectivity index (χ1v) is 13.9. The number of ether oxygens (including phenoxy) is 2. The van der Waals surface area contributed by atoms with E-state index < -0.39 is 5.60 Å². The van der Waals surface area contributed by atoms with E-state index in [1.165, 1.54) is 22.0 Å². The van der Waals surface area contributed by atoms with E-state index in [-0.39, 0.29) is 12.1 Å². The smallest absolute Gasteiger partial charge is 0.407 e. The SMILES string of the molecule is C=C/N=c1/nccc(N2CCC[C@@H]2COc2cccc3c2CN(CCCCNC(=O)OC(C)(C)C)CC3)n1N. The molecule has 1 saturated heterocycles. The highest BCUT2D eigenvalue weighted by Gasteiger charge is 2.28. The van der Waals surface area contributed by atoms with E-state index in [1.807, 2.05) is 26.8 Å². The molecule has 3 heterocycles. The summed E-state index contributed by atoms with van der Waals surface area (Å²) in [5.41, 5.74) is 2.60. The highest BCUT2D eigenvalue weighted by molar-refractivity contribution is 5.67. The maximum absolute atomic E-state index is 11.8. The number of nitrogen functional groups attached to an aromatic ring is 1. The summed E-state index contributed by atoms with van der Waals surface area (Å²) in [7, 11) is 0. The second-order valence-electron chi connectivity index (χ2n) is 11.1. The monoisotopic (exact) mass is 537 g/mol. The number of alkyl carbamates (subject to hydrolysis) is 1. The Bertz CT molecular complexity index is 1200. The molecule has 0 radical (unpaired) electrons. The maximum atomic E-state index is 11.8. The Balaban J connectivity index is 1.31. The summed E-state index contributed by atoms with van der Waals surface area (Å²) in [5, 5.41) is 2.85. The van der Waals surface area contributed by atoms with E-state index >= 15 is 0 Å². The van der Waals surface area contributed by atoms with Gasteiger partial charge in [-0.15, -0.1) is 0 Å². The largest absolute Gasteiger partial charge is 0.491 e. The molecule has 0 bridgehead atoms. The van der Waals surface area contributed by atoms with Crippen LogP contribution in [0.1, 0.15) is 57.6 Å². The fourth-order valence-corrected chi connectivity index (χ4v) is 5.22. The molecule has 10 heteroatoms. The minimum Gasteiger partial charge on any atom is -0.491 e. The molecule has 1 fully saturated rings. The molecule has 0 spiro atoms. The van der Waals surface area contributed by atoms with E-state index in [0.717, 1.165) is 69.9 Å². The molecule has 2 aromatic rings. The van der Waals surface area contributed by atoms with Crippen molar-refractivity contribution >= 4 is 11.9 Å². The predicted molar refractivity (Wildman–Crippen MR) is 153 cm³/mol. The third-order valence-electron chi connectivity index (χ3n) is 7.06. The van der Waals surface area contributed by atoms with Crippen LogP contribution in [0.4, 0.5) is 10.6 Å². The third kappa shape index (κ3) is 7.75. The van der Waals surface area contributed by atoms with E-state index in [1.54, 1.807) is 6.20 Å². The average molecular weight is 538 g/mol. The minimum atomic E-state index is -0.475. The van der Waals surface area contributed by atoms with Crippen molar-refractivity contribution < 1.29 is 14.3 Å². The first kappa shape index (κ1) is 28.5. The number of unbranched alkanes of at least 4 members (excludes halogenated alkanes) is 1. The second-order valence-corrected chi connectivity index (χ2v) is 11.1. The van der Waals surface area contributed by atoms with Crippen molar-refractivity contribution in [1.29, 1.82) is 0 Å². The molecule has 212 valence electrons. The Labute approximate surface area is 231 Å². The molecular weight excluding hydrogens is 494 g/mol. The van der Waals surface area contributed by atoms with Crippen molar-refractivity contribution in [2.75, 3.05) is 43.5 Å². The highest BCUT2D eigenvalue weighted by atomic mass is 16.6. The topological polar surface area (TPSA) is 110 Å². The van der Waals surface area contributed by atoms with E-state index in [0.29, 0.717) is 18.8 Å². The Morgan fingerprint density at radius 2 is 2.13 bits per heavy atom. The predicted octanol–water partition coefficient (Wildman–Crippen LogP) is 3.35. The summed E-state index contributed by atoms with van der Waals surface area (Å²) in [6, 6.07) is 8.53. The second kappa shape index (κ2) is 13.0. The van der Waals surface area contributed by atoms with Gasteiger partial charge in [0.05, 0.1) is 6.04 Å². The van der Waals surface area contributed by atoms with E-state index in [2.05, 4.69) is 49.9 Å². The van der Waals surface area contributed by atoms with Gasteiger partial charge in [-0.2, -0.15) is 0 Å². The van der Waals surface area contributed by atoms with Gasteiger partial charge in [-0.1, -0.05) is 18.7 Å². The number of benzene rings is 1. The summed E-state index contributed by atoms with van der Waals surface area (Å²) >= 11 is 0. The fourth-order valence-electron chi connectivity index (χ4n) is 5.22. The number of rotatable bonds is 10. The molecule has 39 heavy (non-hydrogen) atoms. The number of fused-ring (bicyclic) bond motifs is 1. The lowest BCUT2D eigenvalue weighted by Crippen LogP contribution is -2.41. The summed E-state index contributed by atoms with van der Waals surface area (Å²) in [6.07, 6.45) is 7.87. The molecule has 0 unspecified atom stereocenters. The number of anilines is 1. The fraction of sp³-hybridized carbons (Fsp3) is 0.552. The number of aromatic nitrogens is 2. The molecule has 2 aliphatic rings. The van der Waals surface area contributed by atoms with Gasteiger partial charge in [-0.3, -0.25) is 4.90 Å². The van der Waals surface area contributed by atoms with Crippen LogP contribution in [0.3, 0.4) is 0 Å². The number of carbonyl (C=O) groups excluding carboxylic acids is 1. The summed E-state index contributed by atoms with van der Waals surface area (Å²) < 4.78 is 13.3. The lowest BCUT2D eigenvalue weighted by Gasteiger charge is -2.31. The van der Waals surface area contributed by atoms with Gasteiger partial charge in [0.15, 0.2) is 0 Å². The van der Waals surface area contributed by atoms with Crippen LogP contribution in [0, 0.1) is 0 Å². The minimum absolute atomic E-state index is 0.215. The first-order chi connectivity index (χ1) is 18.7. The molecule has 2 aliphatic heterocycles. The molecule has 4 rings (SSSR count). The average Bonchev–Trinajstić information content (AvgIpc) is 3.36. The van der Waals surface area contributed by atoms with Crippen molar-refractivity contribution in [2.24, 2.45) is 4.99 Å². The Morgan fingerprint density at radius 1 is 1.28 bits per heavy atom. The van der Waals surface area contributed by atoms with Gasteiger partial charge in [0.25, 0.3) is 0 Å². The molecule has 1 aromatic carbocycles. The summed E-state index contributed by atoms with van der Waals surface area (Å²) in [6.45, 7) is 14.3. The summed E-state index contributed by atoms with van der Waals surface area (Å²) in [5.74, 6) is 8.16. The number of nitrogens with two attached hydrogens (primary N) is 1. The van der Waals surface area contributed by atoms with Crippen molar-refractivity contribution in [3.63, 3.8) is 0 Å². The van der Waals surface area contributed by atoms with Crippen LogP contribution in [0.5, 0.6) is 5.75 Å². The van der Waals surface area contributed by atoms with Gasteiger partial charge < -0.3 is 25.5 Å². The van der Waals surface area contributed by atoms with Gasteiger partial charge in [0.2, 0.25) is 5.62 Å². The number of carbonyl (C=O) groups is 1. The number of hydrogen-bond acceptors (Lipinski definition) is 8. The molecule has 3 N–H and O–H groups in total. The van der Waals surface area contributed by atoms with Gasteiger partial charge in [0, 0.05) is 44.1 Å². The number of amides is 1. The molecule has 0 saturated carbocycles. The van der Waals surface area contributed by atoms with Gasteiger partial charge in [-0.25, -0.2) is 19.4 Å². The van der Waals surface area contributed by atoms with Crippen LogP contribution < -0.4 is 26.4 Å². The zero-order valence-corrected chi connectivity index (χ0v) is 23.6. The zero-order chi connectivity index (χ0) is 27.8. The molecule has 0 aliphatic carbocycles. The van der Waals surface area contributed by atoms with Crippen molar-refractivity contribution in [3.8, 4) is 5.75 Å². The van der Waals surface area contributed by atoms with Gasteiger partial charge in [0.1, 0.15) is 23.8 Å². The van der Waals surface area contributed by atoms with Crippen LogP contribution in [-0.4, -0.2) is 65.1 Å². The number of nitrogens with zero attached hydrogens (tertiary/aromatic N) is 5. The van der Waals surface area contributed by atoms with Gasteiger partial charge >= 0.3 is 6.09 Å². The van der Waals surface area contributed by atoms with Crippen molar-refractivity contribution in [2.45, 2.75) is 71.1 Å². The number of nitrogens with one attached hydrogen (secondary N) is 1. The Kier molecular flexibility index (Phi) is 9.50. The highest BCUT2D eigenvalue weighted by Crippen LogP contribution is 2.30. The lowest BCUT2D eigenvalue weighted by molar-refractivity contribution is 0.0526. The zero-order valence-electron chi connectivity index (χ0n) is 23.6. The first-order valence-electron chi connectivity index (χ1n) is 13.9. The standard InChI is InChI=1S/C29H43N7O3/c1-5-31-27-32-16-13-26(36(27)30)35-18-9-11-23(35)21-38-25-12-8-10-22-14-19-34(20-24(22)25)17-7-6-15-33-28(37)39-29(2,3)4/h5,8,10,12-13,16,23H,1,6-7,9,11,14-15,17-21,30H2,2-4H3,(H,33,37)/b31-27-/t23-/m1/s1. The normalized spacial score (nSPS) is 18.1. The molecule has 10 nitrogen and oxygen atoms in total. The third-order valence-corrected chi connectivity index (χ3v) is 7.06. The quantitative estimate of drug-likeness (QED) is 0.353. The van der Waals surface area contributed by atoms with Crippen LogP contribution in [0.25, 0.3) is 0 Å². The Morgan fingerprint density at radius 3 is 2.92 bits per heavy atom. The Hall–Kier alpha value is -3.53. The molecule has 1 amide bonds. The maximum Gasteiger partial charge on any atom is 0.407 e. The molecule has 1 aromatic heterocycles. The van der Waals surface area contributed by atoms with Gasteiger partial charge in [-0.05, 0) is 77.1 Å². The van der Waals surface area contributed by atoms with Crippen LogP contribution in [-0.2, 0) is 17.7 Å². The van der Waals surface area contributed by atoms with Crippen molar-refractivity contribution in [1.82, 2.24) is 19.9 Å². The molecular formula is C29H43N7O3. The van der Waals surface area contributed by atoms with Crippen LogP contribution in [0.2, 0.25) is 0 Å².